The fourth-order valence-electron chi connectivity index (χ4n) is 1.38. The highest BCUT2D eigenvalue weighted by molar-refractivity contribution is 6.03. The number of carbonyl (C=O) groups excluding carboxylic acids is 1. The van der Waals surface area contributed by atoms with Gasteiger partial charge in [0.15, 0.2) is 11.4 Å². The summed E-state index contributed by atoms with van der Waals surface area (Å²) in [5, 5.41) is 28.1. The fourth-order valence-corrected chi connectivity index (χ4v) is 1.38. The van der Waals surface area contributed by atoms with Crippen molar-refractivity contribution in [3.8, 4) is 0 Å². The number of carbonyl (C=O) groups is 4. The number of amides is 1. The van der Waals surface area contributed by atoms with E-state index in [1.165, 1.54) is 0 Å². The zero-order valence-corrected chi connectivity index (χ0v) is 9.99. The van der Waals surface area contributed by atoms with Crippen LogP contribution in [0.2, 0.25) is 0 Å². The van der Waals surface area contributed by atoms with Gasteiger partial charge in [0.1, 0.15) is 6.04 Å². The van der Waals surface area contributed by atoms with Crippen LogP contribution < -0.4 is 5.32 Å². The Bertz CT molecular complexity index is 551. The summed E-state index contributed by atoms with van der Waals surface area (Å²) in [6.07, 6.45) is 0.193. The maximum Gasteiger partial charge on any atom is 0.354 e. The van der Waals surface area contributed by atoms with Crippen LogP contribution in [-0.2, 0) is 9.59 Å². The first-order valence-electron chi connectivity index (χ1n) is 5.35. The van der Waals surface area contributed by atoms with Crippen LogP contribution in [0.25, 0.3) is 0 Å². The Morgan fingerprint density at radius 3 is 2.40 bits per heavy atom. The molecule has 0 aromatic carbocycles. The Balaban J connectivity index is 2.80. The van der Waals surface area contributed by atoms with E-state index >= 15 is 0 Å². The number of carboxylic acids is 3. The van der Waals surface area contributed by atoms with Crippen molar-refractivity contribution in [1.29, 1.82) is 0 Å². The summed E-state index contributed by atoms with van der Waals surface area (Å²) in [7, 11) is 0. The first-order valence-corrected chi connectivity index (χ1v) is 5.35. The molecule has 0 aliphatic carbocycles. The van der Waals surface area contributed by atoms with E-state index < -0.39 is 47.7 Å². The van der Waals surface area contributed by atoms with Gasteiger partial charge in [-0.3, -0.25) is 9.59 Å². The third kappa shape index (κ3) is 3.80. The van der Waals surface area contributed by atoms with Gasteiger partial charge in [0.25, 0.3) is 5.91 Å². The van der Waals surface area contributed by atoms with Crippen molar-refractivity contribution in [3.05, 3.63) is 17.7 Å². The molecule has 10 heteroatoms. The lowest BCUT2D eigenvalue weighted by Crippen LogP contribution is -2.41. The van der Waals surface area contributed by atoms with Crippen molar-refractivity contribution in [2.75, 3.05) is 0 Å². The molecule has 0 bridgehead atoms. The molecule has 1 aromatic rings. The van der Waals surface area contributed by atoms with Crippen molar-refractivity contribution in [3.63, 3.8) is 0 Å². The van der Waals surface area contributed by atoms with Crippen LogP contribution in [0.1, 0.15) is 33.8 Å². The van der Waals surface area contributed by atoms with E-state index in [0.717, 1.165) is 6.33 Å². The number of aliphatic carboxylic acids is 2. The lowest BCUT2D eigenvalue weighted by atomic mass is 10.1. The van der Waals surface area contributed by atoms with Crippen LogP contribution in [0.5, 0.6) is 0 Å². The highest BCUT2D eigenvalue weighted by atomic mass is 16.4. The predicted molar refractivity (Wildman–Crippen MR) is 61.3 cm³/mol. The lowest BCUT2D eigenvalue weighted by molar-refractivity contribution is -0.140. The maximum atomic E-state index is 11.7. The quantitative estimate of drug-likeness (QED) is 0.431. The van der Waals surface area contributed by atoms with Crippen molar-refractivity contribution < 1.29 is 34.5 Å². The molecule has 1 atom stereocenters. The molecule has 0 radical (unpaired) electrons. The van der Waals surface area contributed by atoms with Gasteiger partial charge >= 0.3 is 17.9 Å². The number of aromatic nitrogens is 2. The minimum atomic E-state index is -1.45. The summed E-state index contributed by atoms with van der Waals surface area (Å²) >= 11 is 0. The molecule has 1 amide bonds. The average molecular weight is 285 g/mol. The van der Waals surface area contributed by atoms with Crippen molar-refractivity contribution >= 4 is 23.8 Å². The fraction of sp³-hybridized carbons (Fsp3) is 0.300. The molecule has 10 nitrogen and oxygen atoms in total. The van der Waals surface area contributed by atoms with Crippen LogP contribution in [0.4, 0.5) is 0 Å². The van der Waals surface area contributed by atoms with Crippen molar-refractivity contribution in [1.82, 2.24) is 15.3 Å². The number of rotatable bonds is 7. The monoisotopic (exact) mass is 285 g/mol. The van der Waals surface area contributed by atoms with Gasteiger partial charge in [-0.05, 0) is 6.42 Å². The first kappa shape index (κ1) is 15.1. The molecule has 0 fully saturated rings. The Hall–Kier alpha value is -2.91. The third-order valence-electron chi connectivity index (χ3n) is 2.32. The summed E-state index contributed by atoms with van der Waals surface area (Å²) in [5.41, 5.74) is -0.955. The smallest absolute Gasteiger partial charge is 0.354 e. The van der Waals surface area contributed by atoms with Gasteiger partial charge in [0, 0.05) is 6.42 Å². The van der Waals surface area contributed by atoms with Gasteiger partial charge in [0.05, 0.1) is 6.33 Å². The molecule has 0 aliphatic heterocycles. The van der Waals surface area contributed by atoms with E-state index in [0.29, 0.717) is 0 Å². The van der Waals surface area contributed by atoms with Gasteiger partial charge < -0.3 is 25.6 Å². The van der Waals surface area contributed by atoms with E-state index in [9.17, 15) is 19.2 Å². The molecule has 1 aromatic heterocycles. The molecule has 20 heavy (non-hydrogen) atoms. The van der Waals surface area contributed by atoms with E-state index in [-0.39, 0.29) is 6.42 Å². The SMILES string of the molecule is O=C(O)CC[C@H](NC(=O)c1nc[nH]c1C(=O)O)C(=O)O. The Kier molecular flexibility index (Phi) is 4.78. The summed E-state index contributed by atoms with van der Waals surface area (Å²) in [6, 6.07) is -1.45. The lowest BCUT2D eigenvalue weighted by Gasteiger charge is -2.12. The van der Waals surface area contributed by atoms with Gasteiger partial charge in [0.2, 0.25) is 0 Å². The van der Waals surface area contributed by atoms with Gasteiger partial charge in [-0.1, -0.05) is 0 Å². The average Bonchev–Trinajstić information content (AvgIpc) is 2.82. The number of nitrogens with zero attached hydrogens (tertiary/aromatic N) is 1. The standard InChI is InChI=1S/C10H11N3O7/c14-5(15)2-1-4(9(17)18)13-8(16)6-7(10(19)20)12-3-11-6/h3-4H,1-2H2,(H,11,12)(H,13,16)(H,14,15)(H,17,18)(H,19,20)/t4-/m0/s1. The molecule has 5 N–H and O–H groups in total. The van der Waals surface area contributed by atoms with Crippen molar-refractivity contribution in [2.24, 2.45) is 0 Å². The van der Waals surface area contributed by atoms with Crippen LogP contribution in [-0.4, -0.2) is 55.1 Å². The largest absolute Gasteiger partial charge is 0.481 e. The molecule has 0 spiro atoms. The number of imidazole rings is 1. The first-order chi connectivity index (χ1) is 9.32. The number of H-pyrrole nitrogens is 1. The Morgan fingerprint density at radius 2 is 1.90 bits per heavy atom. The summed E-state index contributed by atoms with van der Waals surface area (Å²) in [4.78, 5) is 49.5. The zero-order valence-electron chi connectivity index (χ0n) is 9.99. The highest BCUT2D eigenvalue weighted by Crippen LogP contribution is 2.05. The number of carboxylic acid groups (broad SMARTS) is 3. The van der Waals surface area contributed by atoms with Crippen LogP contribution in [0.15, 0.2) is 6.33 Å². The highest BCUT2D eigenvalue weighted by Gasteiger charge is 2.25. The normalized spacial score (nSPS) is 11.6. The second-order valence-electron chi connectivity index (χ2n) is 3.73. The Labute approximate surface area is 111 Å². The second kappa shape index (κ2) is 6.31. The van der Waals surface area contributed by atoms with Gasteiger partial charge in [-0.25, -0.2) is 14.6 Å². The van der Waals surface area contributed by atoms with Crippen LogP contribution >= 0.6 is 0 Å². The molecule has 108 valence electrons. The summed E-state index contributed by atoms with van der Waals surface area (Å²) in [6.45, 7) is 0. The van der Waals surface area contributed by atoms with E-state index in [1.807, 2.05) is 5.32 Å². The maximum absolute atomic E-state index is 11.7. The summed E-state index contributed by atoms with van der Waals surface area (Å²) in [5.74, 6) is -5.07. The van der Waals surface area contributed by atoms with Gasteiger partial charge in [-0.15, -0.1) is 0 Å². The van der Waals surface area contributed by atoms with Crippen LogP contribution in [0.3, 0.4) is 0 Å². The zero-order chi connectivity index (χ0) is 15.3. The van der Waals surface area contributed by atoms with Gasteiger partial charge in [-0.2, -0.15) is 0 Å². The molecule has 0 saturated heterocycles. The number of nitrogens with one attached hydrogen (secondary N) is 2. The minimum absolute atomic E-state index is 0.330. The van der Waals surface area contributed by atoms with Crippen molar-refractivity contribution in [2.45, 2.75) is 18.9 Å². The topological polar surface area (TPSA) is 170 Å². The molecular weight excluding hydrogens is 274 g/mol. The molecule has 1 rings (SSSR count). The molecule has 0 unspecified atom stereocenters. The van der Waals surface area contributed by atoms with E-state index in [4.69, 9.17) is 15.3 Å². The predicted octanol–water partition coefficient (Wildman–Crippen LogP) is -0.844. The number of hydrogen-bond acceptors (Lipinski definition) is 5. The minimum Gasteiger partial charge on any atom is -0.481 e. The molecule has 0 saturated carbocycles. The van der Waals surface area contributed by atoms with E-state index in [1.54, 1.807) is 0 Å². The number of hydrogen-bond donors (Lipinski definition) is 5. The number of aromatic carboxylic acids is 1. The second-order valence-corrected chi connectivity index (χ2v) is 3.73. The third-order valence-corrected chi connectivity index (χ3v) is 2.32. The van der Waals surface area contributed by atoms with Crippen LogP contribution in [0, 0.1) is 0 Å². The number of aromatic amines is 1. The summed E-state index contributed by atoms with van der Waals surface area (Å²) < 4.78 is 0. The molecule has 1 heterocycles. The van der Waals surface area contributed by atoms with E-state index in [2.05, 4.69) is 9.97 Å². The molecule has 0 aliphatic rings. The Morgan fingerprint density at radius 1 is 1.25 bits per heavy atom. The molecular formula is C10H11N3O7.